The molecular weight excluding hydrogens is 236 g/mol. The number of hydrogen-bond acceptors (Lipinski definition) is 5. The molecule has 0 spiro atoms. The zero-order valence-corrected chi connectivity index (χ0v) is 10.9. The maximum absolute atomic E-state index is 11.3. The van der Waals surface area contributed by atoms with Crippen LogP contribution in [0.15, 0.2) is 5.38 Å². The van der Waals surface area contributed by atoms with Crippen molar-refractivity contribution in [3.05, 3.63) is 16.1 Å². The highest BCUT2D eigenvalue weighted by Crippen LogP contribution is 2.27. The summed E-state index contributed by atoms with van der Waals surface area (Å²) >= 11 is 1.67. The molecule has 1 aromatic heterocycles. The lowest BCUT2D eigenvalue weighted by atomic mass is 9.99. The number of carbonyl (C=O) groups excluding carboxylic acids is 1. The van der Waals surface area contributed by atoms with Crippen LogP contribution in [0.5, 0.6) is 0 Å². The van der Waals surface area contributed by atoms with Crippen LogP contribution in [0.2, 0.25) is 0 Å². The zero-order chi connectivity index (χ0) is 12.1. The van der Waals surface area contributed by atoms with Gasteiger partial charge in [0.25, 0.3) is 0 Å². The van der Waals surface area contributed by atoms with Gasteiger partial charge in [0.15, 0.2) is 0 Å². The molecule has 0 unspecified atom stereocenters. The van der Waals surface area contributed by atoms with Gasteiger partial charge >= 0.3 is 5.97 Å². The number of nitrogens with zero attached hydrogens (tertiary/aromatic N) is 1. The molecule has 0 bridgehead atoms. The van der Waals surface area contributed by atoms with E-state index in [2.05, 4.69) is 10.3 Å². The normalized spacial score (nSPS) is 17.0. The Morgan fingerprint density at radius 1 is 1.59 bits per heavy atom. The number of aromatic nitrogens is 1. The van der Waals surface area contributed by atoms with Gasteiger partial charge in [-0.3, -0.25) is 4.79 Å². The van der Waals surface area contributed by atoms with Crippen LogP contribution in [0.3, 0.4) is 0 Å². The number of ether oxygens (including phenoxy) is 1. The van der Waals surface area contributed by atoms with E-state index in [1.807, 2.05) is 12.3 Å². The topological polar surface area (TPSA) is 51.2 Å². The minimum atomic E-state index is -0.185. The molecule has 4 nitrogen and oxygen atoms in total. The summed E-state index contributed by atoms with van der Waals surface area (Å²) in [5.74, 6) is 0.381. The Labute approximate surface area is 105 Å². The van der Waals surface area contributed by atoms with Gasteiger partial charge in [-0.1, -0.05) is 0 Å². The largest absolute Gasteiger partial charge is 0.466 e. The van der Waals surface area contributed by atoms with E-state index in [4.69, 9.17) is 4.74 Å². The van der Waals surface area contributed by atoms with E-state index in [0.717, 1.165) is 31.6 Å². The molecule has 2 rings (SSSR count). The predicted octanol–water partition coefficient (Wildman–Crippen LogP) is 1.72. The monoisotopic (exact) mass is 254 g/mol. The first-order chi connectivity index (χ1) is 8.29. The molecule has 0 radical (unpaired) electrons. The predicted molar refractivity (Wildman–Crippen MR) is 67.3 cm³/mol. The van der Waals surface area contributed by atoms with Crippen LogP contribution in [0.25, 0.3) is 0 Å². The highest BCUT2D eigenvalue weighted by atomic mass is 32.1. The Hall–Kier alpha value is -0.940. The third kappa shape index (κ3) is 3.51. The first-order valence-electron chi connectivity index (χ1n) is 6.10. The fourth-order valence-corrected chi connectivity index (χ4v) is 3.01. The lowest BCUT2D eigenvalue weighted by Gasteiger charge is -2.20. The fraction of sp³-hybridized carbons (Fsp3) is 0.667. The number of rotatable bonds is 4. The van der Waals surface area contributed by atoms with Crippen LogP contribution >= 0.6 is 11.3 Å². The molecule has 1 fully saturated rings. The van der Waals surface area contributed by atoms with Crippen LogP contribution in [0, 0.1) is 0 Å². The van der Waals surface area contributed by atoms with Crippen molar-refractivity contribution in [2.45, 2.75) is 32.1 Å². The van der Waals surface area contributed by atoms with E-state index in [1.54, 1.807) is 11.3 Å². The lowest BCUT2D eigenvalue weighted by molar-refractivity contribution is -0.142. The summed E-state index contributed by atoms with van der Waals surface area (Å²) in [6.07, 6.45) is 2.59. The molecule has 94 valence electrons. The second kappa shape index (κ2) is 6.12. The number of carbonyl (C=O) groups is 1. The van der Waals surface area contributed by atoms with Gasteiger partial charge in [-0.05, 0) is 32.9 Å². The van der Waals surface area contributed by atoms with Crippen LogP contribution in [0.1, 0.15) is 36.4 Å². The highest BCUT2D eigenvalue weighted by Gasteiger charge is 2.19. The van der Waals surface area contributed by atoms with Gasteiger partial charge in [0.1, 0.15) is 0 Å². The second-order valence-corrected chi connectivity index (χ2v) is 5.07. The van der Waals surface area contributed by atoms with Gasteiger partial charge in [0, 0.05) is 11.3 Å². The number of thiazole rings is 1. The van der Waals surface area contributed by atoms with Crippen molar-refractivity contribution in [1.82, 2.24) is 10.3 Å². The van der Waals surface area contributed by atoms with Crippen molar-refractivity contribution in [1.29, 1.82) is 0 Å². The van der Waals surface area contributed by atoms with Crippen molar-refractivity contribution in [3.8, 4) is 0 Å². The summed E-state index contributed by atoms with van der Waals surface area (Å²) in [6, 6.07) is 0. The average molecular weight is 254 g/mol. The van der Waals surface area contributed by atoms with Gasteiger partial charge in [-0.15, -0.1) is 11.3 Å². The minimum absolute atomic E-state index is 0.185. The van der Waals surface area contributed by atoms with Gasteiger partial charge in [-0.2, -0.15) is 0 Å². The lowest BCUT2D eigenvalue weighted by Crippen LogP contribution is -2.26. The Morgan fingerprint density at radius 3 is 3.06 bits per heavy atom. The Kier molecular flexibility index (Phi) is 4.50. The van der Waals surface area contributed by atoms with E-state index in [-0.39, 0.29) is 5.97 Å². The van der Waals surface area contributed by atoms with Gasteiger partial charge in [0.2, 0.25) is 0 Å². The molecule has 1 aliphatic rings. The van der Waals surface area contributed by atoms with Crippen molar-refractivity contribution >= 4 is 17.3 Å². The molecule has 0 amide bonds. The molecule has 1 aromatic rings. The summed E-state index contributed by atoms with van der Waals surface area (Å²) in [5.41, 5.74) is 0.849. The molecule has 17 heavy (non-hydrogen) atoms. The fourth-order valence-electron chi connectivity index (χ4n) is 2.02. The van der Waals surface area contributed by atoms with E-state index < -0.39 is 0 Å². The summed E-state index contributed by atoms with van der Waals surface area (Å²) in [7, 11) is 0. The SMILES string of the molecule is CCOC(=O)Cc1csc(C2CCNCC2)n1. The number of esters is 1. The molecular formula is C12H18N2O2S. The van der Waals surface area contributed by atoms with E-state index in [1.165, 1.54) is 5.01 Å². The Balaban J connectivity index is 1.93. The Bertz CT molecular complexity index is 372. The highest BCUT2D eigenvalue weighted by molar-refractivity contribution is 7.09. The summed E-state index contributed by atoms with van der Waals surface area (Å²) < 4.78 is 4.92. The third-order valence-electron chi connectivity index (χ3n) is 2.89. The summed E-state index contributed by atoms with van der Waals surface area (Å²) in [5, 5.41) is 6.50. The molecule has 2 heterocycles. The van der Waals surface area contributed by atoms with Crippen LogP contribution < -0.4 is 5.32 Å². The van der Waals surface area contributed by atoms with Crippen molar-refractivity contribution in [2.75, 3.05) is 19.7 Å². The van der Waals surface area contributed by atoms with Crippen LogP contribution in [-0.2, 0) is 16.0 Å². The summed E-state index contributed by atoms with van der Waals surface area (Å²) in [4.78, 5) is 15.9. The number of hydrogen-bond donors (Lipinski definition) is 1. The van der Waals surface area contributed by atoms with Gasteiger partial charge in [-0.25, -0.2) is 4.98 Å². The standard InChI is InChI=1S/C12H18N2O2S/c1-2-16-11(15)7-10-8-17-12(14-10)9-3-5-13-6-4-9/h8-9,13H,2-7H2,1H3. The third-order valence-corrected chi connectivity index (χ3v) is 3.94. The molecule has 5 heteroatoms. The Morgan fingerprint density at radius 2 is 2.35 bits per heavy atom. The molecule has 1 aliphatic heterocycles. The molecule has 0 saturated carbocycles. The first-order valence-corrected chi connectivity index (χ1v) is 6.98. The average Bonchev–Trinajstić information content (AvgIpc) is 2.79. The first kappa shape index (κ1) is 12.5. The smallest absolute Gasteiger partial charge is 0.311 e. The van der Waals surface area contributed by atoms with Crippen LogP contribution in [-0.4, -0.2) is 30.6 Å². The minimum Gasteiger partial charge on any atom is -0.466 e. The molecule has 0 aliphatic carbocycles. The molecule has 0 aromatic carbocycles. The molecule has 1 saturated heterocycles. The van der Waals surface area contributed by atoms with Crippen LogP contribution in [0.4, 0.5) is 0 Å². The van der Waals surface area contributed by atoms with Crippen molar-refractivity contribution in [3.63, 3.8) is 0 Å². The number of nitrogens with one attached hydrogen (secondary N) is 1. The summed E-state index contributed by atoms with van der Waals surface area (Å²) in [6.45, 7) is 4.39. The maximum Gasteiger partial charge on any atom is 0.311 e. The van der Waals surface area contributed by atoms with Gasteiger partial charge in [0.05, 0.1) is 23.7 Å². The van der Waals surface area contributed by atoms with Crippen molar-refractivity contribution < 1.29 is 9.53 Å². The quantitative estimate of drug-likeness (QED) is 0.831. The molecule has 1 N–H and O–H groups in total. The van der Waals surface area contributed by atoms with Crippen molar-refractivity contribution in [2.24, 2.45) is 0 Å². The van der Waals surface area contributed by atoms with Gasteiger partial charge < -0.3 is 10.1 Å². The van der Waals surface area contributed by atoms with E-state index in [0.29, 0.717) is 18.9 Å². The van der Waals surface area contributed by atoms with E-state index >= 15 is 0 Å². The molecule has 0 atom stereocenters. The number of piperidine rings is 1. The van der Waals surface area contributed by atoms with E-state index in [9.17, 15) is 4.79 Å². The zero-order valence-electron chi connectivity index (χ0n) is 10.1. The maximum atomic E-state index is 11.3. The second-order valence-electron chi connectivity index (χ2n) is 4.18.